The molecule has 0 unspecified atom stereocenters. The molecule has 1 aliphatic carbocycles. The fourth-order valence-corrected chi connectivity index (χ4v) is 2.67. The number of hydrogen-bond donors (Lipinski definition) is 3. The second kappa shape index (κ2) is 7.56. The molecule has 1 saturated carbocycles. The van der Waals surface area contributed by atoms with Crippen LogP contribution in [0.4, 0.5) is 0 Å². The van der Waals surface area contributed by atoms with Gasteiger partial charge in [-0.05, 0) is 53.1 Å². The lowest BCUT2D eigenvalue weighted by Crippen LogP contribution is -2.50. The molecule has 1 fully saturated rings. The smallest absolute Gasteiger partial charge is 0.293 e. The van der Waals surface area contributed by atoms with Crippen molar-refractivity contribution >= 4 is 45.1 Å². The second-order valence-corrected chi connectivity index (χ2v) is 6.03. The van der Waals surface area contributed by atoms with E-state index < -0.39 is 5.91 Å². The monoisotopic (exact) mass is 373 g/mol. The van der Waals surface area contributed by atoms with Crippen molar-refractivity contribution in [3.8, 4) is 0 Å². The third-order valence-corrected chi connectivity index (χ3v) is 3.93. The summed E-state index contributed by atoms with van der Waals surface area (Å²) in [5.74, 6) is -0.424. The number of rotatable bonds is 2. The van der Waals surface area contributed by atoms with Crippen LogP contribution in [0, 0.1) is 5.92 Å². The quantitative estimate of drug-likeness (QED) is 0.546. The molecule has 0 spiro atoms. The Morgan fingerprint density at radius 1 is 1.19 bits per heavy atom. The van der Waals surface area contributed by atoms with Crippen LogP contribution in [0.3, 0.4) is 0 Å². The lowest BCUT2D eigenvalue weighted by atomic mass is 9.89. The average Bonchev–Trinajstić information content (AvgIpc) is 2.92. The number of furan rings is 1. The first-order valence-corrected chi connectivity index (χ1v) is 7.93. The molecule has 2 rings (SSSR count). The van der Waals surface area contributed by atoms with Crippen molar-refractivity contribution in [2.24, 2.45) is 5.92 Å². The van der Waals surface area contributed by atoms with Gasteiger partial charge in [0, 0.05) is 5.92 Å². The normalized spacial score (nSPS) is 15.3. The highest BCUT2D eigenvalue weighted by Gasteiger charge is 2.21. The summed E-state index contributed by atoms with van der Waals surface area (Å²) >= 11 is 8.05. The summed E-state index contributed by atoms with van der Waals surface area (Å²) in [6.45, 7) is 0. The van der Waals surface area contributed by atoms with Gasteiger partial charge in [0.2, 0.25) is 5.91 Å². The topological polar surface area (TPSA) is 83.4 Å². The molecule has 0 aromatic carbocycles. The van der Waals surface area contributed by atoms with Gasteiger partial charge in [0.25, 0.3) is 5.91 Å². The Morgan fingerprint density at radius 2 is 1.90 bits per heavy atom. The second-order valence-electron chi connectivity index (χ2n) is 4.84. The number of hydrogen-bond acceptors (Lipinski definition) is 4. The maximum Gasteiger partial charge on any atom is 0.293 e. The van der Waals surface area contributed by atoms with Crippen LogP contribution in [-0.2, 0) is 4.79 Å². The van der Waals surface area contributed by atoms with Gasteiger partial charge in [-0.2, -0.15) is 0 Å². The number of carbonyl (C=O) groups is 2. The van der Waals surface area contributed by atoms with Crippen molar-refractivity contribution in [1.29, 1.82) is 0 Å². The average molecular weight is 374 g/mol. The summed E-state index contributed by atoms with van der Waals surface area (Å²) in [6.07, 6.45) is 5.13. The third-order valence-electron chi connectivity index (χ3n) is 3.30. The molecule has 114 valence electrons. The van der Waals surface area contributed by atoms with Crippen molar-refractivity contribution in [2.45, 2.75) is 32.1 Å². The molecule has 3 N–H and O–H groups in total. The van der Waals surface area contributed by atoms with E-state index in [2.05, 4.69) is 32.1 Å². The number of amides is 2. The number of carbonyl (C=O) groups excluding carboxylic acids is 2. The first-order chi connectivity index (χ1) is 10.1. The minimum Gasteiger partial charge on any atom is -0.444 e. The molecule has 1 aliphatic rings. The van der Waals surface area contributed by atoms with E-state index in [1.54, 1.807) is 6.07 Å². The van der Waals surface area contributed by atoms with Gasteiger partial charge in [0.1, 0.15) is 0 Å². The Bertz CT molecular complexity index is 541. The highest BCUT2D eigenvalue weighted by atomic mass is 79.9. The molecule has 2 amide bonds. The van der Waals surface area contributed by atoms with E-state index in [1.807, 2.05) is 0 Å². The Hall–Kier alpha value is -1.41. The van der Waals surface area contributed by atoms with E-state index in [0.29, 0.717) is 4.67 Å². The van der Waals surface area contributed by atoms with Crippen molar-refractivity contribution in [2.75, 3.05) is 0 Å². The fraction of sp³-hybridized carbons (Fsp3) is 0.462. The summed E-state index contributed by atoms with van der Waals surface area (Å²) in [6, 6.07) is 3.12. The first-order valence-electron chi connectivity index (χ1n) is 6.73. The van der Waals surface area contributed by atoms with Gasteiger partial charge >= 0.3 is 0 Å². The van der Waals surface area contributed by atoms with Gasteiger partial charge in [-0.25, -0.2) is 0 Å². The summed E-state index contributed by atoms with van der Waals surface area (Å²) in [4.78, 5) is 23.6. The molecule has 1 aromatic rings. The first kappa shape index (κ1) is 16.0. The van der Waals surface area contributed by atoms with Crippen LogP contribution in [0.2, 0.25) is 0 Å². The molecule has 0 radical (unpaired) electrons. The minimum atomic E-state index is -0.481. The summed E-state index contributed by atoms with van der Waals surface area (Å²) in [5.41, 5.74) is 5.06. The van der Waals surface area contributed by atoms with Gasteiger partial charge in [-0.3, -0.25) is 25.8 Å². The van der Waals surface area contributed by atoms with E-state index in [0.717, 1.165) is 25.7 Å². The molecule has 0 bridgehead atoms. The number of thiocarbonyl (C=S) groups is 1. The molecule has 1 heterocycles. The Kier molecular flexibility index (Phi) is 5.75. The van der Waals surface area contributed by atoms with Gasteiger partial charge in [0.15, 0.2) is 15.5 Å². The fourth-order valence-electron chi connectivity index (χ4n) is 2.22. The van der Waals surface area contributed by atoms with Crippen LogP contribution < -0.4 is 16.2 Å². The standard InChI is InChI=1S/C13H16BrN3O3S/c14-10-7-6-9(20-10)12(19)15-13(21)17-16-11(18)8-4-2-1-3-5-8/h6-8H,1-5H2,(H,16,18)(H2,15,17,19,21). The summed E-state index contributed by atoms with van der Waals surface area (Å²) in [5, 5.41) is 2.44. The Balaban J connectivity index is 1.74. The third kappa shape index (κ3) is 4.82. The van der Waals surface area contributed by atoms with Crippen molar-refractivity contribution in [3.63, 3.8) is 0 Å². The lowest BCUT2D eigenvalue weighted by molar-refractivity contribution is -0.126. The predicted octanol–water partition coefficient (Wildman–Crippen LogP) is 2.26. The van der Waals surface area contributed by atoms with Crippen molar-refractivity contribution in [3.05, 3.63) is 22.6 Å². The SMILES string of the molecule is O=C(NC(=S)NNC(=O)C1CCCCC1)c1ccc(Br)o1. The van der Waals surface area contributed by atoms with E-state index in [4.69, 9.17) is 16.6 Å². The molecule has 0 atom stereocenters. The van der Waals surface area contributed by atoms with Crippen LogP contribution in [0.15, 0.2) is 21.2 Å². The van der Waals surface area contributed by atoms with Crippen LogP contribution in [0.5, 0.6) is 0 Å². The summed E-state index contributed by atoms with van der Waals surface area (Å²) < 4.78 is 5.55. The van der Waals surface area contributed by atoms with Crippen molar-refractivity contribution < 1.29 is 14.0 Å². The zero-order valence-corrected chi connectivity index (χ0v) is 13.7. The number of halogens is 1. The van der Waals surface area contributed by atoms with Crippen molar-refractivity contribution in [1.82, 2.24) is 16.2 Å². The maximum absolute atomic E-state index is 11.9. The predicted molar refractivity (Wildman–Crippen MR) is 84.3 cm³/mol. The molecule has 8 heteroatoms. The highest BCUT2D eigenvalue weighted by molar-refractivity contribution is 9.10. The van der Waals surface area contributed by atoms with E-state index in [1.165, 1.54) is 12.5 Å². The Morgan fingerprint density at radius 3 is 2.52 bits per heavy atom. The molecule has 0 saturated heterocycles. The van der Waals surface area contributed by atoms with Crippen LogP contribution in [0.25, 0.3) is 0 Å². The van der Waals surface area contributed by atoms with Gasteiger partial charge in [-0.15, -0.1) is 0 Å². The molecule has 21 heavy (non-hydrogen) atoms. The Labute approximate surface area is 136 Å². The number of hydrazine groups is 1. The minimum absolute atomic E-state index is 0.0192. The summed E-state index contributed by atoms with van der Waals surface area (Å²) in [7, 11) is 0. The maximum atomic E-state index is 11.9. The van der Waals surface area contributed by atoms with Crippen LogP contribution in [0.1, 0.15) is 42.7 Å². The largest absolute Gasteiger partial charge is 0.444 e. The van der Waals surface area contributed by atoms with E-state index in [-0.39, 0.29) is 22.7 Å². The molecular weight excluding hydrogens is 358 g/mol. The van der Waals surface area contributed by atoms with Crippen LogP contribution >= 0.6 is 28.1 Å². The molecule has 1 aromatic heterocycles. The molecular formula is C13H16BrN3O3S. The van der Waals surface area contributed by atoms with Crippen LogP contribution in [-0.4, -0.2) is 16.9 Å². The number of nitrogens with one attached hydrogen (secondary N) is 3. The molecule has 6 nitrogen and oxygen atoms in total. The van der Waals surface area contributed by atoms with E-state index in [9.17, 15) is 9.59 Å². The van der Waals surface area contributed by atoms with E-state index >= 15 is 0 Å². The molecule has 0 aliphatic heterocycles. The van der Waals surface area contributed by atoms with Gasteiger partial charge in [-0.1, -0.05) is 19.3 Å². The highest BCUT2D eigenvalue weighted by Crippen LogP contribution is 2.23. The zero-order chi connectivity index (χ0) is 15.2. The lowest BCUT2D eigenvalue weighted by Gasteiger charge is -2.21. The van der Waals surface area contributed by atoms with Gasteiger partial charge in [0.05, 0.1) is 0 Å². The zero-order valence-electron chi connectivity index (χ0n) is 11.3. The van der Waals surface area contributed by atoms with Gasteiger partial charge < -0.3 is 4.42 Å².